The summed E-state index contributed by atoms with van der Waals surface area (Å²) in [5, 5.41) is 52.2. The van der Waals surface area contributed by atoms with Crippen molar-refractivity contribution in [1.29, 1.82) is 0 Å². The first-order valence-corrected chi connectivity index (χ1v) is 34.1. The van der Waals surface area contributed by atoms with Gasteiger partial charge in [0, 0.05) is 111 Å². The molecule has 4 fully saturated rings. The Bertz CT molecular complexity index is 4760. The van der Waals surface area contributed by atoms with Gasteiger partial charge in [0.05, 0.1) is 24.2 Å². The number of anilines is 16. The number of nitrogens with two attached hydrogens (primary N) is 4. The standard InChI is InChI=1S/4C17H18F2N8/c1-8(11-6-10(18)4-5-12(11)19)21-16-23-15(20)24-17(25-16)22-14-7-13(26-27-14)9-2-3-9;3*1-8(11-5-4-10(18)6-12(11)19)21-16-23-15(20)24-17(25-16)22-14-7-13(26-27-14)9-2-3-9/h4*4-9H,2-3H2,1H3,(H5,20,21,22,23,24,25,26,27)/t;2*8-;/m.10./s1. The third-order valence-corrected chi connectivity index (χ3v) is 17.1. The minimum atomic E-state index is -0.653. The summed E-state index contributed by atoms with van der Waals surface area (Å²) in [7, 11) is 0. The smallest absolute Gasteiger partial charge is 0.235 e. The van der Waals surface area contributed by atoms with Crippen LogP contribution in [0.5, 0.6) is 0 Å². The van der Waals surface area contributed by atoms with Gasteiger partial charge in [0.15, 0.2) is 23.3 Å². The number of H-pyrrole nitrogens is 4. The molecule has 8 aromatic heterocycles. The van der Waals surface area contributed by atoms with Gasteiger partial charge in [-0.15, -0.1) is 0 Å². The molecule has 2 unspecified atom stereocenters. The lowest BCUT2D eigenvalue weighted by molar-refractivity contribution is 0.565. The van der Waals surface area contributed by atoms with Gasteiger partial charge in [-0.3, -0.25) is 20.4 Å². The molecule has 0 bridgehead atoms. The normalized spacial score (nSPS) is 14.8. The highest BCUT2D eigenvalue weighted by Gasteiger charge is 2.30. The molecule has 12 aromatic rings. The first-order valence-electron chi connectivity index (χ1n) is 34.1. The van der Waals surface area contributed by atoms with E-state index in [9.17, 15) is 35.1 Å². The lowest BCUT2D eigenvalue weighted by Gasteiger charge is -2.15. The van der Waals surface area contributed by atoms with Gasteiger partial charge in [-0.05, 0) is 115 Å². The topological polar surface area (TPSA) is 470 Å². The maximum atomic E-state index is 13.9. The molecule has 0 spiro atoms. The molecular formula is C68H72F8N32. The number of nitrogens with zero attached hydrogens (tertiary/aromatic N) is 16. The van der Waals surface area contributed by atoms with Crippen LogP contribution in [-0.2, 0) is 0 Å². The lowest BCUT2D eigenvalue weighted by Crippen LogP contribution is -2.14. The summed E-state index contributed by atoms with van der Waals surface area (Å²) >= 11 is 0. The van der Waals surface area contributed by atoms with Crippen molar-refractivity contribution in [2.45, 2.75) is 127 Å². The molecule has 4 saturated carbocycles. The molecule has 560 valence electrons. The lowest BCUT2D eigenvalue weighted by atomic mass is 10.1. The quantitative estimate of drug-likeness (QED) is 0.0250. The number of nitrogens with one attached hydrogen (secondary N) is 12. The fourth-order valence-electron chi connectivity index (χ4n) is 11.0. The van der Waals surface area contributed by atoms with Crippen molar-refractivity contribution in [3.63, 3.8) is 0 Å². The summed E-state index contributed by atoms with van der Waals surface area (Å²) < 4.78 is 108. The third-order valence-electron chi connectivity index (χ3n) is 17.1. The van der Waals surface area contributed by atoms with E-state index in [4.69, 9.17) is 22.9 Å². The zero-order valence-electron chi connectivity index (χ0n) is 58.0. The molecule has 32 nitrogen and oxygen atoms in total. The van der Waals surface area contributed by atoms with Gasteiger partial charge in [-0.25, -0.2) is 35.1 Å². The Labute approximate surface area is 609 Å². The van der Waals surface area contributed by atoms with Gasteiger partial charge in [-0.2, -0.15) is 80.2 Å². The van der Waals surface area contributed by atoms with Crippen LogP contribution in [0.15, 0.2) is 97.1 Å². The van der Waals surface area contributed by atoms with E-state index in [2.05, 4.69) is 143 Å². The second-order valence-electron chi connectivity index (χ2n) is 25.9. The van der Waals surface area contributed by atoms with E-state index in [-0.39, 0.29) is 93.6 Å². The number of benzene rings is 4. The van der Waals surface area contributed by atoms with Crippen LogP contribution in [0, 0.1) is 46.5 Å². The monoisotopic (exact) mass is 1490 g/mol. The summed E-state index contributed by atoms with van der Waals surface area (Å²) in [6.45, 7) is 6.79. The maximum absolute atomic E-state index is 13.9. The van der Waals surface area contributed by atoms with Crippen LogP contribution >= 0.6 is 0 Å². The van der Waals surface area contributed by atoms with Crippen molar-refractivity contribution in [1.82, 2.24) is 101 Å². The van der Waals surface area contributed by atoms with Crippen molar-refractivity contribution in [3.8, 4) is 0 Å². The van der Waals surface area contributed by atoms with Crippen LogP contribution in [0.4, 0.5) is 130 Å². The summed E-state index contributed by atoms with van der Waals surface area (Å²) in [6.07, 6.45) is 9.27. The SMILES string of the molecule is CC(Nc1nc(N)nc(Nc2cc(C3CC3)[nH]n2)n1)c1cc(F)ccc1F.CC(Nc1nc(N)nc(Nc2cc(C3CC3)[nH]n2)n1)c1ccc(F)cc1F.C[C@@H](Nc1nc(N)nc(Nc2cc(C3CC3)[nH]n2)n1)c1ccc(F)cc1F.C[C@H](Nc1nc(N)nc(Nc2cc(C3CC3)[nH]n2)n1)c1ccc(F)cc1F. The third kappa shape index (κ3) is 19.8. The van der Waals surface area contributed by atoms with Crippen molar-refractivity contribution in [2.24, 2.45) is 0 Å². The zero-order chi connectivity index (χ0) is 75.9. The summed E-state index contributed by atoms with van der Waals surface area (Å²) in [6, 6.07) is 19.0. The number of hydrogen-bond acceptors (Lipinski definition) is 28. The second kappa shape index (κ2) is 32.0. The first-order chi connectivity index (χ1) is 51.9. The molecule has 108 heavy (non-hydrogen) atoms. The molecule has 4 aliphatic rings. The number of aromatic amines is 4. The van der Waals surface area contributed by atoms with Crippen LogP contribution in [0.3, 0.4) is 0 Å². The molecule has 16 rings (SSSR count). The summed E-state index contributed by atoms with van der Waals surface area (Å²) in [5.41, 5.74) is 28.3. The Morgan fingerprint density at radius 2 is 0.519 bits per heavy atom. The molecule has 4 aliphatic carbocycles. The average molecular weight is 1490 g/mol. The number of halogens is 8. The van der Waals surface area contributed by atoms with Crippen LogP contribution in [0.1, 0.15) is 172 Å². The molecule has 0 amide bonds. The molecule has 0 saturated heterocycles. The second-order valence-corrected chi connectivity index (χ2v) is 25.9. The fraction of sp³-hybridized carbons (Fsp3) is 0.294. The number of hydrogen-bond donors (Lipinski definition) is 16. The molecule has 20 N–H and O–H groups in total. The highest BCUT2D eigenvalue weighted by molar-refractivity contribution is 5.56. The summed E-state index contributed by atoms with van der Waals surface area (Å²) in [5.74, 6) is 0.999. The fourth-order valence-corrected chi connectivity index (χ4v) is 11.0. The van der Waals surface area contributed by atoms with E-state index < -0.39 is 70.7 Å². The molecule has 0 radical (unpaired) electrons. The molecule has 4 aromatic carbocycles. The molecule has 0 aliphatic heterocycles. The van der Waals surface area contributed by atoms with E-state index in [0.717, 1.165) is 111 Å². The summed E-state index contributed by atoms with van der Waals surface area (Å²) in [4.78, 5) is 49.1. The maximum Gasteiger partial charge on any atom is 0.235 e. The molecule has 4 atom stereocenters. The molecule has 40 heteroatoms. The Morgan fingerprint density at radius 1 is 0.287 bits per heavy atom. The Morgan fingerprint density at radius 3 is 0.769 bits per heavy atom. The van der Waals surface area contributed by atoms with Crippen molar-refractivity contribution >= 4 is 94.7 Å². The average Bonchev–Trinajstić information content (AvgIpc) is 1.29. The Balaban J connectivity index is 0.000000127. The predicted octanol–water partition coefficient (Wildman–Crippen LogP) is 13.0. The first kappa shape index (κ1) is 73.1. The van der Waals surface area contributed by atoms with Crippen LogP contribution in [0.2, 0.25) is 0 Å². The number of aromatic nitrogens is 20. The Kier molecular flexibility index (Phi) is 21.7. The molecular weight excluding hydrogens is 1420 g/mol. The minimum Gasteiger partial charge on any atom is -0.368 e. The van der Waals surface area contributed by atoms with Gasteiger partial charge in [0.25, 0.3) is 0 Å². The zero-order valence-corrected chi connectivity index (χ0v) is 58.0. The highest BCUT2D eigenvalue weighted by Crippen LogP contribution is 2.43. The van der Waals surface area contributed by atoms with Gasteiger partial charge >= 0.3 is 0 Å². The van der Waals surface area contributed by atoms with Gasteiger partial charge in [-0.1, -0.05) is 18.2 Å². The van der Waals surface area contributed by atoms with E-state index in [0.29, 0.717) is 46.9 Å². The van der Waals surface area contributed by atoms with Crippen LogP contribution < -0.4 is 65.5 Å². The van der Waals surface area contributed by atoms with Crippen molar-refractivity contribution in [2.75, 3.05) is 65.5 Å². The predicted molar refractivity (Wildman–Crippen MR) is 386 cm³/mol. The number of rotatable bonds is 24. The van der Waals surface area contributed by atoms with E-state index in [1.54, 1.807) is 27.7 Å². The van der Waals surface area contributed by atoms with Gasteiger partial charge in [0.2, 0.25) is 71.4 Å². The highest BCUT2D eigenvalue weighted by atomic mass is 19.2. The van der Waals surface area contributed by atoms with Crippen LogP contribution in [0.25, 0.3) is 0 Å². The van der Waals surface area contributed by atoms with E-state index >= 15 is 0 Å². The van der Waals surface area contributed by atoms with E-state index in [1.165, 1.54) is 36.4 Å². The Hall–Kier alpha value is -13.2. The largest absolute Gasteiger partial charge is 0.368 e. The molecule has 8 heterocycles. The minimum absolute atomic E-state index is 0.000250. The number of nitrogen functional groups attached to an aromatic ring is 4. The van der Waals surface area contributed by atoms with Crippen LogP contribution in [-0.4, -0.2) is 101 Å². The van der Waals surface area contributed by atoms with Gasteiger partial charge in [0.1, 0.15) is 46.5 Å². The van der Waals surface area contributed by atoms with Crippen molar-refractivity contribution in [3.05, 3.63) is 189 Å². The van der Waals surface area contributed by atoms with E-state index in [1.807, 2.05) is 24.3 Å². The van der Waals surface area contributed by atoms with Gasteiger partial charge < -0.3 is 65.5 Å². The van der Waals surface area contributed by atoms with Crippen molar-refractivity contribution < 1.29 is 35.1 Å².